The van der Waals surface area contributed by atoms with E-state index >= 15 is 0 Å². The summed E-state index contributed by atoms with van der Waals surface area (Å²) in [6.45, 7) is 7.89. The van der Waals surface area contributed by atoms with Crippen LogP contribution in [0.3, 0.4) is 0 Å². The molecule has 1 rings (SSSR count). The number of nitrogens with zero attached hydrogens (tertiary/aromatic N) is 1. The van der Waals surface area contributed by atoms with Crippen molar-refractivity contribution in [1.82, 2.24) is 4.90 Å². The molecule has 0 unspecified atom stereocenters. The van der Waals surface area contributed by atoms with E-state index < -0.39 is 0 Å². The summed E-state index contributed by atoms with van der Waals surface area (Å²) >= 11 is 0. The average Bonchev–Trinajstić information content (AvgIpc) is 2.39. The number of rotatable bonds is 7. The van der Waals surface area contributed by atoms with E-state index in [9.17, 15) is 4.79 Å². The summed E-state index contributed by atoms with van der Waals surface area (Å²) in [5, 5.41) is 0. The second-order valence-corrected chi connectivity index (χ2v) is 4.72. The van der Waals surface area contributed by atoms with Gasteiger partial charge in [0.25, 0.3) is 5.91 Å². The first-order valence-corrected chi connectivity index (χ1v) is 6.84. The smallest absolute Gasteiger partial charge is 0.253 e. The fraction of sp³-hybridized carbons (Fsp3) is 0.533. The Kier molecular flexibility index (Phi) is 6.36. The van der Waals surface area contributed by atoms with Crippen molar-refractivity contribution in [3.8, 4) is 5.75 Å². The molecule has 1 amide bonds. The molecule has 0 radical (unpaired) electrons. The first kappa shape index (κ1) is 15.5. The van der Waals surface area contributed by atoms with Crippen molar-refractivity contribution in [2.75, 3.05) is 19.6 Å². The van der Waals surface area contributed by atoms with E-state index in [1.807, 2.05) is 39.0 Å². The molecule has 106 valence electrons. The molecule has 0 spiro atoms. The van der Waals surface area contributed by atoms with Gasteiger partial charge in [-0.2, -0.15) is 0 Å². The van der Waals surface area contributed by atoms with E-state index in [4.69, 9.17) is 10.5 Å². The highest BCUT2D eigenvalue weighted by Crippen LogP contribution is 2.16. The predicted octanol–water partition coefficient (Wildman–Crippen LogP) is 2.28. The van der Waals surface area contributed by atoms with Gasteiger partial charge in [-0.3, -0.25) is 4.79 Å². The molecule has 0 saturated carbocycles. The van der Waals surface area contributed by atoms with Gasteiger partial charge in [-0.25, -0.2) is 0 Å². The van der Waals surface area contributed by atoms with Crippen molar-refractivity contribution >= 4 is 5.91 Å². The Morgan fingerprint density at radius 1 is 1.42 bits per heavy atom. The molecule has 0 saturated heterocycles. The molecule has 0 aliphatic rings. The van der Waals surface area contributed by atoms with Crippen molar-refractivity contribution in [3.63, 3.8) is 0 Å². The summed E-state index contributed by atoms with van der Waals surface area (Å²) in [5.74, 6) is 0.765. The third-order valence-electron chi connectivity index (χ3n) is 2.75. The topological polar surface area (TPSA) is 55.6 Å². The lowest BCUT2D eigenvalue weighted by molar-refractivity contribution is 0.0763. The van der Waals surface area contributed by atoms with E-state index in [1.54, 1.807) is 11.0 Å². The largest absolute Gasteiger partial charge is 0.491 e. The monoisotopic (exact) mass is 264 g/mol. The maximum Gasteiger partial charge on any atom is 0.253 e. The highest BCUT2D eigenvalue weighted by atomic mass is 16.5. The van der Waals surface area contributed by atoms with Crippen LogP contribution in [0.1, 0.15) is 37.6 Å². The predicted molar refractivity (Wildman–Crippen MR) is 77.5 cm³/mol. The van der Waals surface area contributed by atoms with Crippen LogP contribution in [0.5, 0.6) is 5.75 Å². The zero-order valence-corrected chi connectivity index (χ0v) is 12.1. The fourth-order valence-electron chi connectivity index (χ4n) is 1.84. The molecule has 0 bridgehead atoms. The number of amides is 1. The van der Waals surface area contributed by atoms with Gasteiger partial charge in [0, 0.05) is 18.7 Å². The van der Waals surface area contributed by atoms with Gasteiger partial charge < -0.3 is 15.4 Å². The van der Waals surface area contributed by atoms with Gasteiger partial charge in [-0.15, -0.1) is 0 Å². The third-order valence-corrected chi connectivity index (χ3v) is 2.75. The Morgan fingerprint density at radius 2 is 2.16 bits per heavy atom. The normalized spacial score (nSPS) is 10.6. The number of carbonyl (C=O) groups is 1. The first-order valence-electron chi connectivity index (χ1n) is 6.84. The van der Waals surface area contributed by atoms with Gasteiger partial charge in [-0.05, 0) is 51.9 Å². The highest BCUT2D eigenvalue weighted by molar-refractivity contribution is 5.94. The number of ether oxygens (including phenoxy) is 1. The second kappa shape index (κ2) is 7.79. The SMILES string of the molecule is CCN(CCCN)C(=O)c1cccc(OC(C)C)c1. The first-order chi connectivity index (χ1) is 9.08. The Bertz CT molecular complexity index is 405. The standard InChI is InChI=1S/C15H24N2O2/c1-4-17(10-6-9-16)15(18)13-7-5-8-14(11-13)19-12(2)3/h5,7-8,11-12H,4,6,9-10,16H2,1-3H3. The molecule has 0 aliphatic heterocycles. The van der Waals surface area contributed by atoms with Crippen LogP contribution in [0.25, 0.3) is 0 Å². The molecule has 4 nitrogen and oxygen atoms in total. The second-order valence-electron chi connectivity index (χ2n) is 4.72. The summed E-state index contributed by atoms with van der Waals surface area (Å²) in [6.07, 6.45) is 0.923. The Hall–Kier alpha value is -1.55. The molecule has 19 heavy (non-hydrogen) atoms. The van der Waals surface area contributed by atoms with Crippen LogP contribution in [0.15, 0.2) is 24.3 Å². The number of hydrogen-bond donors (Lipinski definition) is 1. The lowest BCUT2D eigenvalue weighted by Gasteiger charge is -2.21. The van der Waals surface area contributed by atoms with Crippen LogP contribution < -0.4 is 10.5 Å². The summed E-state index contributed by atoms with van der Waals surface area (Å²) < 4.78 is 5.61. The molecule has 0 heterocycles. The van der Waals surface area contributed by atoms with Gasteiger partial charge >= 0.3 is 0 Å². The number of nitrogens with two attached hydrogens (primary N) is 1. The minimum atomic E-state index is 0.0326. The minimum Gasteiger partial charge on any atom is -0.491 e. The van der Waals surface area contributed by atoms with Gasteiger partial charge in [0.15, 0.2) is 0 Å². The van der Waals surface area contributed by atoms with Crippen LogP contribution >= 0.6 is 0 Å². The van der Waals surface area contributed by atoms with E-state index in [0.717, 1.165) is 12.2 Å². The summed E-state index contributed by atoms with van der Waals surface area (Å²) in [6, 6.07) is 7.34. The van der Waals surface area contributed by atoms with Crippen molar-refractivity contribution in [2.45, 2.75) is 33.3 Å². The average molecular weight is 264 g/mol. The van der Waals surface area contributed by atoms with Gasteiger partial charge in [0.2, 0.25) is 0 Å². The summed E-state index contributed by atoms with van der Waals surface area (Å²) in [7, 11) is 0. The van der Waals surface area contributed by atoms with E-state index in [2.05, 4.69) is 0 Å². The van der Waals surface area contributed by atoms with Gasteiger partial charge in [0.1, 0.15) is 5.75 Å². The van der Waals surface area contributed by atoms with Crippen LogP contribution in [0, 0.1) is 0 Å². The quantitative estimate of drug-likeness (QED) is 0.822. The maximum absolute atomic E-state index is 12.3. The lowest BCUT2D eigenvalue weighted by atomic mass is 10.2. The number of benzene rings is 1. The highest BCUT2D eigenvalue weighted by Gasteiger charge is 2.14. The Morgan fingerprint density at radius 3 is 2.74 bits per heavy atom. The molecule has 4 heteroatoms. The van der Waals surface area contributed by atoms with Gasteiger partial charge in [-0.1, -0.05) is 6.07 Å². The van der Waals surface area contributed by atoms with E-state index in [0.29, 0.717) is 25.2 Å². The number of carbonyl (C=O) groups excluding carboxylic acids is 1. The zero-order valence-electron chi connectivity index (χ0n) is 12.1. The maximum atomic E-state index is 12.3. The molecule has 0 aliphatic carbocycles. The van der Waals surface area contributed by atoms with Gasteiger partial charge in [0.05, 0.1) is 6.10 Å². The van der Waals surface area contributed by atoms with Crippen molar-refractivity contribution in [3.05, 3.63) is 29.8 Å². The van der Waals surface area contributed by atoms with Crippen molar-refractivity contribution in [1.29, 1.82) is 0 Å². The summed E-state index contributed by atoms with van der Waals surface area (Å²) in [4.78, 5) is 14.2. The van der Waals surface area contributed by atoms with Crippen LogP contribution in [0.4, 0.5) is 0 Å². The molecule has 0 fully saturated rings. The van der Waals surface area contributed by atoms with Crippen LogP contribution in [0.2, 0.25) is 0 Å². The van der Waals surface area contributed by atoms with Crippen molar-refractivity contribution < 1.29 is 9.53 Å². The lowest BCUT2D eigenvalue weighted by Crippen LogP contribution is -2.32. The molecule has 1 aromatic rings. The molecule has 1 aromatic carbocycles. The molecule has 0 aromatic heterocycles. The third kappa shape index (κ3) is 4.91. The molecule has 2 N–H and O–H groups in total. The molecular weight excluding hydrogens is 240 g/mol. The molecule has 0 atom stereocenters. The molecular formula is C15H24N2O2. The Balaban J connectivity index is 2.79. The van der Waals surface area contributed by atoms with Crippen LogP contribution in [-0.4, -0.2) is 36.5 Å². The van der Waals surface area contributed by atoms with Crippen molar-refractivity contribution in [2.24, 2.45) is 5.73 Å². The minimum absolute atomic E-state index is 0.0326. The Labute approximate surface area is 115 Å². The fourth-order valence-corrected chi connectivity index (χ4v) is 1.84. The summed E-state index contributed by atoms with van der Waals surface area (Å²) in [5.41, 5.74) is 6.16. The van der Waals surface area contributed by atoms with E-state index in [1.165, 1.54) is 0 Å². The zero-order chi connectivity index (χ0) is 14.3. The van der Waals surface area contributed by atoms with Crippen LogP contribution in [-0.2, 0) is 0 Å². The number of hydrogen-bond acceptors (Lipinski definition) is 3. The van der Waals surface area contributed by atoms with E-state index in [-0.39, 0.29) is 12.0 Å².